The second-order valence-electron chi connectivity index (χ2n) is 5.17. The first-order chi connectivity index (χ1) is 8.46. The van der Waals surface area contributed by atoms with Crippen molar-refractivity contribution in [3.63, 3.8) is 0 Å². The molecule has 18 heavy (non-hydrogen) atoms. The van der Waals surface area contributed by atoms with E-state index in [-0.39, 0.29) is 11.3 Å². The molecule has 0 aliphatic rings. The first kappa shape index (κ1) is 14.5. The zero-order valence-corrected chi connectivity index (χ0v) is 11.3. The van der Waals surface area contributed by atoms with Crippen LogP contribution in [-0.4, -0.2) is 19.6 Å². The van der Waals surface area contributed by atoms with Crippen LogP contribution >= 0.6 is 0 Å². The molecule has 0 spiro atoms. The summed E-state index contributed by atoms with van der Waals surface area (Å²) in [6.45, 7) is 5.01. The Morgan fingerprint density at radius 1 is 1.33 bits per heavy atom. The summed E-state index contributed by atoms with van der Waals surface area (Å²) in [7, 11) is 1.63. The van der Waals surface area contributed by atoms with E-state index < -0.39 is 0 Å². The van der Waals surface area contributed by atoms with Crippen LogP contribution in [0.15, 0.2) is 24.3 Å². The lowest BCUT2D eigenvalue weighted by Crippen LogP contribution is -2.32. The van der Waals surface area contributed by atoms with Crippen LogP contribution in [0.5, 0.6) is 5.75 Å². The molecule has 0 aromatic heterocycles. The molecule has 3 N–H and O–H groups in total. The average Bonchev–Trinajstić information content (AvgIpc) is 2.36. The van der Waals surface area contributed by atoms with Gasteiger partial charge in [-0.1, -0.05) is 26.0 Å². The Hall–Kier alpha value is -1.55. The minimum atomic E-state index is -0.149. The smallest absolute Gasteiger partial charge is 0.220 e. The Balaban J connectivity index is 2.42. The minimum absolute atomic E-state index is 0.0290. The van der Waals surface area contributed by atoms with Gasteiger partial charge in [0, 0.05) is 13.0 Å². The van der Waals surface area contributed by atoms with Gasteiger partial charge in [0.15, 0.2) is 0 Å². The number of nitrogens with two attached hydrogens (primary N) is 1. The van der Waals surface area contributed by atoms with E-state index >= 15 is 0 Å². The maximum atomic E-state index is 11.7. The Morgan fingerprint density at radius 2 is 1.94 bits per heavy atom. The van der Waals surface area contributed by atoms with Crippen molar-refractivity contribution in [1.29, 1.82) is 0 Å². The van der Waals surface area contributed by atoms with E-state index in [0.29, 0.717) is 19.5 Å². The topological polar surface area (TPSA) is 64.3 Å². The molecule has 0 aliphatic carbocycles. The van der Waals surface area contributed by atoms with E-state index in [9.17, 15) is 4.79 Å². The van der Waals surface area contributed by atoms with E-state index in [1.54, 1.807) is 7.11 Å². The third-order valence-corrected chi connectivity index (χ3v) is 2.84. The summed E-state index contributed by atoms with van der Waals surface area (Å²) >= 11 is 0. The van der Waals surface area contributed by atoms with Crippen LogP contribution in [0, 0.1) is 5.41 Å². The minimum Gasteiger partial charge on any atom is -0.497 e. The van der Waals surface area contributed by atoms with Gasteiger partial charge in [-0.25, -0.2) is 0 Å². The van der Waals surface area contributed by atoms with Crippen LogP contribution < -0.4 is 15.8 Å². The lowest BCUT2D eigenvalue weighted by Gasteiger charge is -2.21. The number of rotatable bonds is 6. The quantitative estimate of drug-likeness (QED) is 0.807. The third kappa shape index (κ3) is 4.75. The number of carbonyl (C=O) groups is 1. The molecule has 0 aliphatic heterocycles. The molecule has 0 saturated carbocycles. The standard InChI is InChI=1S/C14H22N2O2/c1-14(2,10-15)8-13(17)16-9-11-4-6-12(18-3)7-5-11/h4-7H,8-10,15H2,1-3H3,(H,16,17). The average molecular weight is 250 g/mol. The first-order valence-corrected chi connectivity index (χ1v) is 6.06. The van der Waals surface area contributed by atoms with Crippen LogP contribution in [0.3, 0.4) is 0 Å². The summed E-state index contributed by atoms with van der Waals surface area (Å²) in [6, 6.07) is 7.64. The Labute approximate surface area is 109 Å². The summed E-state index contributed by atoms with van der Waals surface area (Å²) in [6.07, 6.45) is 0.444. The monoisotopic (exact) mass is 250 g/mol. The fraction of sp³-hybridized carbons (Fsp3) is 0.500. The second kappa shape index (κ2) is 6.40. The predicted molar refractivity (Wildman–Crippen MR) is 72.3 cm³/mol. The highest BCUT2D eigenvalue weighted by Crippen LogP contribution is 2.17. The fourth-order valence-corrected chi connectivity index (χ4v) is 1.51. The number of methoxy groups -OCH3 is 1. The maximum Gasteiger partial charge on any atom is 0.220 e. The van der Waals surface area contributed by atoms with E-state index in [2.05, 4.69) is 5.32 Å². The molecular formula is C14H22N2O2. The maximum absolute atomic E-state index is 11.7. The molecule has 0 saturated heterocycles. The summed E-state index contributed by atoms with van der Waals surface area (Å²) in [5.74, 6) is 0.843. The van der Waals surface area contributed by atoms with Gasteiger partial charge in [-0.15, -0.1) is 0 Å². The molecule has 0 bridgehead atoms. The van der Waals surface area contributed by atoms with E-state index in [0.717, 1.165) is 11.3 Å². The van der Waals surface area contributed by atoms with Crippen molar-refractivity contribution >= 4 is 5.91 Å². The molecule has 4 nitrogen and oxygen atoms in total. The van der Waals surface area contributed by atoms with Gasteiger partial charge in [-0.2, -0.15) is 0 Å². The van der Waals surface area contributed by atoms with Crippen LogP contribution in [-0.2, 0) is 11.3 Å². The lowest BCUT2D eigenvalue weighted by molar-refractivity contribution is -0.123. The molecule has 0 radical (unpaired) electrons. The Bertz CT molecular complexity index is 385. The highest BCUT2D eigenvalue weighted by atomic mass is 16.5. The molecule has 0 fully saturated rings. The van der Waals surface area contributed by atoms with Crippen molar-refractivity contribution < 1.29 is 9.53 Å². The Morgan fingerprint density at radius 3 is 2.44 bits per heavy atom. The molecule has 1 aromatic rings. The first-order valence-electron chi connectivity index (χ1n) is 6.06. The molecule has 100 valence electrons. The van der Waals surface area contributed by atoms with Crippen molar-refractivity contribution in [2.75, 3.05) is 13.7 Å². The SMILES string of the molecule is COc1ccc(CNC(=O)CC(C)(C)CN)cc1. The number of hydrogen-bond acceptors (Lipinski definition) is 3. The Kier molecular flexibility index (Phi) is 5.16. The van der Waals surface area contributed by atoms with Crippen LogP contribution in [0.25, 0.3) is 0 Å². The van der Waals surface area contributed by atoms with Crippen LogP contribution in [0.1, 0.15) is 25.8 Å². The molecule has 0 heterocycles. The lowest BCUT2D eigenvalue weighted by atomic mass is 9.89. The molecule has 4 heteroatoms. The van der Waals surface area contributed by atoms with Gasteiger partial charge in [0.05, 0.1) is 7.11 Å². The van der Waals surface area contributed by atoms with Gasteiger partial charge < -0.3 is 15.8 Å². The van der Waals surface area contributed by atoms with Crippen LogP contribution in [0.4, 0.5) is 0 Å². The largest absolute Gasteiger partial charge is 0.497 e. The van der Waals surface area contributed by atoms with Crippen molar-refractivity contribution in [3.8, 4) is 5.75 Å². The van der Waals surface area contributed by atoms with Crippen LogP contribution in [0.2, 0.25) is 0 Å². The number of hydrogen-bond donors (Lipinski definition) is 2. The van der Waals surface area contributed by atoms with Crippen molar-refractivity contribution in [2.45, 2.75) is 26.8 Å². The highest BCUT2D eigenvalue weighted by molar-refractivity contribution is 5.76. The second-order valence-corrected chi connectivity index (χ2v) is 5.17. The molecule has 1 amide bonds. The fourth-order valence-electron chi connectivity index (χ4n) is 1.51. The molecule has 0 unspecified atom stereocenters. The van der Waals surface area contributed by atoms with Gasteiger partial charge in [0.25, 0.3) is 0 Å². The molecular weight excluding hydrogens is 228 g/mol. The van der Waals surface area contributed by atoms with Gasteiger partial charge >= 0.3 is 0 Å². The van der Waals surface area contributed by atoms with Gasteiger partial charge in [-0.3, -0.25) is 4.79 Å². The summed E-state index contributed by atoms with van der Waals surface area (Å²) in [5.41, 5.74) is 6.50. The number of nitrogens with one attached hydrogen (secondary N) is 1. The number of amides is 1. The van der Waals surface area contributed by atoms with E-state index in [1.165, 1.54) is 0 Å². The summed E-state index contributed by atoms with van der Waals surface area (Å²) in [4.78, 5) is 11.7. The predicted octanol–water partition coefficient (Wildman–Crippen LogP) is 1.69. The number of carbonyl (C=O) groups excluding carboxylic acids is 1. The normalized spacial score (nSPS) is 11.1. The number of ether oxygens (including phenoxy) is 1. The summed E-state index contributed by atoms with van der Waals surface area (Å²) < 4.78 is 5.07. The van der Waals surface area contributed by atoms with E-state index in [4.69, 9.17) is 10.5 Å². The van der Waals surface area contributed by atoms with Crippen molar-refractivity contribution in [3.05, 3.63) is 29.8 Å². The zero-order valence-electron chi connectivity index (χ0n) is 11.3. The molecule has 1 aromatic carbocycles. The van der Waals surface area contributed by atoms with Gasteiger partial charge in [-0.05, 0) is 29.7 Å². The molecule has 1 rings (SSSR count). The van der Waals surface area contributed by atoms with Gasteiger partial charge in [0.1, 0.15) is 5.75 Å². The third-order valence-electron chi connectivity index (χ3n) is 2.84. The molecule has 0 atom stereocenters. The summed E-state index contributed by atoms with van der Waals surface area (Å²) in [5, 5.41) is 2.89. The number of benzene rings is 1. The van der Waals surface area contributed by atoms with Gasteiger partial charge in [0.2, 0.25) is 5.91 Å². The highest BCUT2D eigenvalue weighted by Gasteiger charge is 2.19. The van der Waals surface area contributed by atoms with Crippen molar-refractivity contribution in [1.82, 2.24) is 5.32 Å². The zero-order chi connectivity index (χ0) is 13.6. The van der Waals surface area contributed by atoms with Crippen molar-refractivity contribution in [2.24, 2.45) is 11.1 Å². The van der Waals surface area contributed by atoms with E-state index in [1.807, 2.05) is 38.1 Å².